The summed E-state index contributed by atoms with van der Waals surface area (Å²) in [6.07, 6.45) is 51.1. The maximum atomic E-state index is 13.1. The van der Waals surface area contributed by atoms with Gasteiger partial charge in [-0.3, -0.25) is 9.59 Å². The standard InChI is InChI=1S/C48H83NO5/c1-4-7-10-13-16-19-21-22-23-24-26-29-32-35-38-41-48(53)54-44(39-36-33-30-28-25-20-17-14-11-8-5-2)42-47(52)49-45(43-50)46(51)40-37-34-31-27-18-15-12-9-6-3/h7,10,13,16,19,21-24,26,28,30,44-46,50-51H,4-6,8-9,11-12,14-15,17-18,20,25,27,29,31-43H2,1-3H3,(H,49,52)/b10-7+,16-13+,21-19-,23-22-,26-24+,30-28-. The molecule has 0 aliphatic carbocycles. The number of hydrogen-bond acceptors (Lipinski definition) is 5. The highest BCUT2D eigenvalue weighted by Gasteiger charge is 2.24. The van der Waals surface area contributed by atoms with Crippen molar-refractivity contribution in [3.8, 4) is 0 Å². The molecule has 3 unspecified atom stereocenters. The zero-order valence-electron chi connectivity index (χ0n) is 35.1. The van der Waals surface area contributed by atoms with E-state index < -0.39 is 18.2 Å². The summed E-state index contributed by atoms with van der Waals surface area (Å²) in [6, 6.07) is -0.719. The monoisotopic (exact) mass is 754 g/mol. The van der Waals surface area contributed by atoms with Gasteiger partial charge < -0.3 is 20.3 Å². The van der Waals surface area contributed by atoms with Crippen LogP contribution in [0.5, 0.6) is 0 Å². The molecule has 0 aliphatic heterocycles. The van der Waals surface area contributed by atoms with Gasteiger partial charge in [0.2, 0.25) is 5.91 Å². The van der Waals surface area contributed by atoms with Gasteiger partial charge in [-0.2, -0.15) is 0 Å². The number of allylic oxidation sites excluding steroid dienone is 12. The third-order valence-electron chi connectivity index (χ3n) is 9.65. The van der Waals surface area contributed by atoms with Crippen molar-refractivity contribution in [2.24, 2.45) is 0 Å². The number of hydrogen-bond donors (Lipinski definition) is 3. The molecule has 1 amide bonds. The summed E-state index contributed by atoms with van der Waals surface area (Å²) in [7, 11) is 0. The fraction of sp³-hybridized carbons (Fsp3) is 0.708. The van der Waals surface area contributed by atoms with E-state index in [9.17, 15) is 19.8 Å². The van der Waals surface area contributed by atoms with Gasteiger partial charge in [0.05, 0.1) is 25.2 Å². The van der Waals surface area contributed by atoms with Crippen molar-refractivity contribution >= 4 is 11.9 Å². The molecule has 54 heavy (non-hydrogen) atoms. The Morgan fingerprint density at radius 1 is 0.556 bits per heavy atom. The molecular formula is C48H83NO5. The van der Waals surface area contributed by atoms with Crippen LogP contribution in [0.25, 0.3) is 0 Å². The lowest BCUT2D eigenvalue weighted by Crippen LogP contribution is -2.46. The second-order valence-electron chi connectivity index (χ2n) is 14.8. The molecule has 0 aliphatic rings. The third-order valence-corrected chi connectivity index (χ3v) is 9.65. The molecule has 6 nitrogen and oxygen atoms in total. The molecule has 0 radical (unpaired) electrons. The van der Waals surface area contributed by atoms with Crippen molar-refractivity contribution in [2.45, 2.75) is 212 Å². The Morgan fingerprint density at radius 2 is 1.04 bits per heavy atom. The van der Waals surface area contributed by atoms with Crippen LogP contribution in [0.3, 0.4) is 0 Å². The van der Waals surface area contributed by atoms with E-state index >= 15 is 0 Å². The number of carbonyl (C=O) groups is 2. The van der Waals surface area contributed by atoms with Crippen molar-refractivity contribution in [3.63, 3.8) is 0 Å². The zero-order valence-corrected chi connectivity index (χ0v) is 35.1. The van der Waals surface area contributed by atoms with E-state index in [0.29, 0.717) is 19.3 Å². The third kappa shape index (κ3) is 36.3. The number of aliphatic hydroxyl groups excluding tert-OH is 2. The summed E-state index contributed by atoms with van der Waals surface area (Å²) in [5, 5.41) is 23.5. The molecule has 3 atom stereocenters. The first-order chi connectivity index (χ1) is 26.5. The molecule has 310 valence electrons. The summed E-state index contributed by atoms with van der Waals surface area (Å²) >= 11 is 0. The number of unbranched alkanes of at least 4 members (excludes halogenated alkanes) is 18. The predicted octanol–water partition coefficient (Wildman–Crippen LogP) is 12.7. The number of amides is 1. The Balaban J connectivity index is 4.73. The van der Waals surface area contributed by atoms with Crippen LogP contribution in [0.1, 0.15) is 194 Å². The minimum Gasteiger partial charge on any atom is -0.462 e. The van der Waals surface area contributed by atoms with Gasteiger partial charge in [0.25, 0.3) is 0 Å². The number of aliphatic hydroxyl groups is 2. The van der Waals surface area contributed by atoms with Crippen LogP contribution < -0.4 is 5.32 Å². The van der Waals surface area contributed by atoms with Crippen LogP contribution >= 0.6 is 0 Å². The molecule has 0 aromatic heterocycles. The SMILES string of the molecule is CC/C=C/C=C/C=C\C=C/C=C/CCCCCC(=O)OC(CCC/C=C\CCCCCCCC)CC(=O)NC(CO)C(O)CCCCCCCCCCC. The maximum Gasteiger partial charge on any atom is 0.306 e. The molecule has 6 heteroatoms. The largest absolute Gasteiger partial charge is 0.462 e. The smallest absolute Gasteiger partial charge is 0.306 e. The highest BCUT2D eigenvalue weighted by atomic mass is 16.5. The van der Waals surface area contributed by atoms with Crippen molar-refractivity contribution in [2.75, 3.05) is 6.61 Å². The molecule has 0 bridgehead atoms. The van der Waals surface area contributed by atoms with Crippen LogP contribution in [-0.4, -0.2) is 46.9 Å². The zero-order chi connectivity index (χ0) is 39.6. The normalized spacial score (nSPS) is 14.1. The van der Waals surface area contributed by atoms with Crippen molar-refractivity contribution < 1.29 is 24.5 Å². The Morgan fingerprint density at radius 3 is 1.61 bits per heavy atom. The van der Waals surface area contributed by atoms with E-state index in [2.05, 4.69) is 56.5 Å². The highest BCUT2D eigenvalue weighted by Crippen LogP contribution is 2.16. The number of nitrogens with one attached hydrogen (secondary N) is 1. The van der Waals surface area contributed by atoms with Gasteiger partial charge in [-0.1, -0.05) is 190 Å². The van der Waals surface area contributed by atoms with Crippen LogP contribution in [0.15, 0.2) is 72.9 Å². The first-order valence-corrected chi connectivity index (χ1v) is 22.2. The Bertz CT molecular complexity index is 1030. The molecule has 0 heterocycles. The van der Waals surface area contributed by atoms with E-state index in [-0.39, 0.29) is 24.9 Å². The first kappa shape index (κ1) is 51.3. The molecule has 0 saturated heterocycles. The van der Waals surface area contributed by atoms with E-state index in [1.54, 1.807) is 0 Å². The molecule has 0 rings (SSSR count). The van der Waals surface area contributed by atoms with E-state index in [4.69, 9.17) is 4.74 Å². The van der Waals surface area contributed by atoms with Gasteiger partial charge >= 0.3 is 5.97 Å². The summed E-state index contributed by atoms with van der Waals surface area (Å²) in [4.78, 5) is 25.9. The quantitative estimate of drug-likeness (QED) is 0.0252. The highest BCUT2D eigenvalue weighted by molar-refractivity contribution is 5.77. The van der Waals surface area contributed by atoms with Crippen LogP contribution in [0, 0.1) is 0 Å². The van der Waals surface area contributed by atoms with E-state index in [1.165, 1.54) is 77.0 Å². The lowest BCUT2D eigenvalue weighted by atomic mass is 10.0. The minimum absolute atomic E-state index is 0.0359. The topological polar surface area (TPSA) is 95.9 Å². The minimum atomic E-state index is -0.801. The van der Waals surface area contributed by atoms with Gasteiger partial charge in [0, 0.05) is 6.42 Å². The number of rotatable bonds is 38. The lowest BCUT2D eigenvalue weighted by molar-refractivity contribution is -0.151. The van der Waals surface area contributed by atoms with Gasteiger partial charge in [-0.15, -0.1) is 0 Å². The summed E-state index contributed by atoms with van der Waals surface area (Å²) in [6.45, 7) is 6.26. The Kier molecular flexibility index (Phi) is 39.4. The van der Waals surface area contributed by atoms with Crippen LogP contribution in [0.2, 0.25) is 0 Å². The Hall–Kier alpha value is -2.70. The lowest BCUT2D eigenvalue weighted by Gasteiger charge is -2.24. The summed E-state index contributed by atoms with van der Waals surface area (Å²) in [5.74, 6) is -0.562. The van der Waals surface area contributed by atoms with E-state index in [1.807, 2.05) is 42.5 Å². The molecule has 0 saturated carbocycles. The summed E-state index contributed by atoms with van der Waals surface area (Å²) in [5.41, 5.74) is 0. The van der Waals surface area contributed by atoms with Gasteiger partial charge in [-0.25, -0.2) is 0 Å². The number of carbonyl (C=O) groups excluding carboxylic acids is 2. The van der Waals surface area contributed by atoms with Gasteiger partial charge in [-0.05, 0) is 64.2 Å². The van der Waals surface area contributed by atoms with Crippen molar-refractivity contribution in [1.29, 1.82) is 0 Å². The molecule has 0 fully saturated rings. The van der Waals surface area contributed by atoms with Crippen molar-refractivity contribution in [3.05, 3.63) is 72.9 Å². The fourth-order valence-corrected chi connectivity index (χ4v) is 6.27. The number of ether oxygens (including phenoxy) is 1. The van der Waals surface area contributed by atoms with Gasteiger partial charge in [0.15, 0.2) is 0 Å². The van der Waals surface area contributed by atoms with Gasteiger partial charge in [0.1, 0.15) is 6.10 Å². The average Bonchev–Trinajstić information content (AvgIpc) is 3.16. The first-order valence-electron chi connectivity index (χ1n) is 22.2. The average molecular weight is 754 g/mol. The van der Waals surface area contributed by atoms with Crippen molar-refractivity contribution in [1.82, 2.24) is 5.32 Å². The molecule has 3 N–H and O–H groups in total. The fourth-order valence-electron chi connectivity index (χ4n) is 6.27. The van der Waals surface area contributed by atoms with E-state index in [0.717, 1.165) is 70.6 Å². The number of esters is 1. The second kappa shape index (κ2) is 41.5. The molecule has 0 spiro atoms. The van der Waals surface area contributed by atoms with Crippen LogP contribution in [-0.2, 0) is 14.3 Å². The molecule has 0 aromatic carbocycles. The maximum absolute atomic E-state index is 13.1. The Labute approximate surface area is 332 Å². The molecule has 0 aromatic rings. The molecular weight excluding hydrogens is 671 g/mol. The summed E-state index contributed by atoms with van der Waals surface area (Å²) < 4.78 is 5.85. The van der Waals surface area contributed by atoms with Crippen LogP contribution in [0.4, 0.5) is 0 Å². The second-order valence-corrected chi connectivity index (χ2v) is 14.8. The predicted molar refractivity (Wildman–Crippen MR) is 231 cm³/mol.